The lowest BCUT2D eigenvalue weighted by molar-refractivity contribution is -0.137. The van der Waals surface area contributed by atoms with E-state index in [0.717, 1.165) is 12.1 Å². The number of nitrogens with one attached hydrogen (secondary N) is 2. The van der Waals surface area contributed by atoms with Gasteiger partial charge in [-0.3, -0.25) is 0 Å². The molecule has 0 saturated carbocycles. The van der Waals surface area contributed by atoms with E-state index >= 15 is 0 Å². The summed E-state index contributed by atoms with van der Waals surface area (Å²) in [6, 6.07) is 3.86. The minimum atomic E-state index is -4.44. The molecular weight excluding hydrogens is 275 g/mol. The summed E-state index contributed by atoms with van der Waals surface area (Å²) in [5.74, 6) is 0. The first-order chi connectivity index (χ1) is 9.30. The van der Waals surface area contributed by atoms with Crippen LogP contribution in [0.15, 0.2) is 24.3 Å². The molecule has 0 saturated heterocycles. The highest BCUT2D eigenvalue weighted by atomic mass is 19.4. The van der Waals surface area contributed by atoms with Gasteiger partial charge in [0.15, 0.2) is 0 Å². The molecule has 1 aromatic carbocycles. The summed E-state index contributed by atoms with van der Waals surface area (Å²) in [4.78, 5) is 10.4. The number of rotatable bonds is 6. The van der Waals surface area contributed by atoms with E-state index in [4.69, 9.17) is 5.73 Å². The van der Waals surface area contributed by atoms with Crippen molar-refractivity contribution in [2.45, 2.75) is 12.3 Å². The van der Waals surface area contributed by atoms with Gasteiger partial charge in [-0.1, -0.05) is 12.1 Å². The van der Waals surface area contributed by atoms with Crippen LogP contribution < -0.4 is 16.4 Å². The second-order valence-electron chi connectivity index (χ2n) is 4.13. The molecule has 5 nitrogen and oxygen atoms in total. The van der Waals surface area contributed by atoms with Crippen molar-refractivity contribution < 1.29 is 23.1 Å². The van der Waals surface area contributed by atoms with Gasteiger partial charge in [-0.25, -0.2) is 4.79 Å². The first-order valence-electron chi connectivity index (χ1n) is 5.90. The van der Waals surface area contributed by atoms with Crippen LogP contribution in [-0.2, 0) is 6.18 Å². The average Bonchev–Trinajstić information content (AvgIpc) is 2.37. The van der Waals surface area contributed by atoms with Crippen LogP contribution >= 0.6 is 0 Å². The molecule has 0 aromatic heterocycles. The zero-order chi connectivity index (χ0) is 15.2. The maximum atomic E-state index is 12.5. The third-order valence-corrected chi connectivity index (χ3v) is 2.54. The molecule has 1 atom stereocenters. The lowest BCUT2D eigenvalue weighted by Gasteiger charge is -2.14. The zero-order valence-electron chi connectivity index (χ0n) is 10.6. The molecule has 0 heterocycles. The van der Waals surface area contributed by atoms with E-state index in [-0.39, 0.29) is 18.7 Å². The van der Waals surface area contributed by atoms with E-state index in [9.17, 15) is 23.1 Å². The Hall–Kier alpha value is -1.80. The first-order valence-corrected chi connectivity index (χ1v) is 5.90. The third kappa shape index (κ3) is 5.45. The van der Waals surface area contributed by atoms with E-state index < -0.39 is 23.9 Å². The normalized spacial score (nSPS) is 13.0. The summed E-state index contributed by atoms with van der Waals surface area (Å²) < 4.78 is 37.5. The van der Waals surface area contributed by atoms with Crippen LogP contribution in [0.3, 0.4) is 0 Å². The number of hydrogen-bond acceptors (Lipinski definition) is 3. The van der Waals surface area contributed by atoms with Gasteiger partial charge in [0.1, 0.15) is 0 Å². The summed E-state index contributed by atoms with van der Waals surface area (Å²) in [7, 11) is 0. The van der Waals surface area contributed by atoms with Crippen molar-refractivity contribution >= 4 is 6.03 Å². The lowest BCUT2D eigenvalue weighted by Crippen LogP contribution is -2.36. The van der Waals surface area contributed by atoms with Gasteiger partial charge in [-0.2, -0.15) is 13.2 Å². The summed E-state index contributed by atoms with van der Waals surface area (Å²) >= 11 is 0. The van der Waals surface area contributed by atoms with Gasteiger partial charge in [0.25, 0.3) is 0 Å². The molecule has 20 heavy (non-hydrogen) atoms. The Bertz CT molecular complexity index is 452. The van der Waals surface area contributed by atoms with Crippen molar-refractivity contribution in [2.24, 2.45) is 5.73 Å². The Balaban J connectivity index is 2.47. The highest BCUT2D eigenvalue weighted by Crippen LogP contribution is 2.30. The Labute approximate surface area is 114 Å². The number of alkyl halides is 3. The molecule has 0 fully saturated rings. The Morgan fingerprint density at radius 2 is 2.05 bits per heavy atom. The molecule has 5 N–H and O–H groups in total. The van der Waals surface area contributed by atoms with E-state index in [1.807, 2.05) is 0 Å². The summed E-state index contributed by atoms with van der Waals surface area (Å²) in [6.07, 6.45) is -5.50. The molecule has 2 amide bonds. The highest BCUT2D eigenvalue weighted by molar-refractivity contribution is 5.71. The predicted molar refractivity (Wildman–Crippen MR) is 66.9 cm³/mol. The van der Waals surface area contributed by atoms with Crippen molar-refractivity contribution in [3.63, 3.8) is 0 Å². The molecular formula is C12H16F3N3O2. The van der Waals surface area contributed by atoms with Crippen molar-refractivity contribution in [3.8, 4) is 0 Å². The van der Waals surface area contributed by atoms with Gasteiger partial charge in [0, 0.05) is 19.6 Å². The SMILES string of the molecule is NC(=O)NCCNCC(O)c1cccc(C(F)(F)F)c1. The maximum absolute atomic E-state index is 12.5. The maximum Gasteiger partial charge on any atom is 0.416 e. The van der Waals surface area contributed by atoms with E-state index in [1.165, 1.54) is 12.1 Å². The van der Waals surface area contributed by atoms with Crippen LogP contribution in [0.1, 0.15) is 17.2 Å². The van der Waals surface area contributed by atoms with Crippen LogP contribution in [0.2, 0.25) is 0 Å². The molecule has 0 bridgehead atoms. The van der Waals surface area contributed by atoms with E-state index in [1.54, 1.807) is 0 Å². The van der Waals surface area contributed by atoms with Gasteiger partial charge in [-0.05, 0) is 17.7 Å². The number of carbonyl (C=O) groups excluding carboxylic acids is 1. The number of aliphatic hydroxyl groups is 1. The summed E-state index contributed by atoms with van der Waals surface area (Å²) in [6.45, 7) is 0.686. The number of primary amides is 1. The summed E-state index contributed by atoms with van der Waals surface area (Å²) in [5.41, 5.74) is 4.22. The number of urea groups is 1. The van der Waals surface area contributed by atoms with Crippen LogP contribution in [0.25, 0.3) is 0 Å². The van der Waals surface area contributed by atoms with Crippen LogP contribution in [0, 0.1) is 0 Å². The Morgan fingerprint density at radius 3 is 2.65 bits per heavy atom. The number of halogens is 3. The number of carbonyl (C=O) groups is 1. The Kier molecular flexibility index (Phi) is 5.78. The molecule has 1 unspecified atom stereocenters. The fraction of sp³-hybridized carbons (Fsp3) is 0.417. The molecule has 0 aliphatic heterocycles. The fourth-order valence-electron chi connectivity index (χ4n) is 1.55. The number of hydrogen-bond donors (Lipinski definition) is 4. The van der Waals surface area contributed by atoms with E-state index in [0.29, 0.717) is 6.54 Å². The molecule has 112 valence electrons. The monoisotopic (exact) mass is 291 g/mol. The van der Waals surface area contributed by atoms with Crippen molar-refractivity contribution in [3.05, 3.63) is 35.4 Å². The largest absolute Gasteiger partial charge is 0.416 e. The lowest BCUT2D eigenvalue weighted by atomic mass is 10.1. The van der Waals surface area contributed by atoms with E-state index in [2.05, 4.69) is 10.6 Å². The standard InChI is InChI=1S/C12H16F3N3O2/c13-12(14,15)9-3-1-2-8(6-9)10(19)7-17-4-5-18-11(16)20/h1-3,6,10,17,19H,4-5,7H2,(H3,16,18,20). The number of amides is 2. The van der Waals surface area contributed by atoms with Gasteiger partial charge in [0.05, 0.1) is 11.7 Å². The van der Waals surface area contributed by atoms with Gasteiger partial charge >= 0.3 is 12.2 Å². The van der Waals surface area contributed by atoms with Gasteiger partial charge in [-0.15, -0.1) is 0 Å². The van der Waals surface area contributed by atoms with Crippen LogP contribution in [0.5, 0.6) is 0 Å². The summed E-state index contributed by atoms with van der Waals surface area (Å²) in [5, 5.41) is 14.9. The smallest absolute Gasteiger partial charge is 0.387 e. The molecule has 8 heteroatoms. The second kappa shape index (κ2) is 7.11. The third-order valence-electron chi connectivity index (χ3n) is 2.54. The second-order valence-corrected chi connectivity index (χ2v) is 4.13. The van der Waals surface area contributed by atoms with Crippen molar-refractivity contribution in [1.29, 1.82) is 0 Å². The molecule has 0 radical (unpaired) electrons. The predicted octanol–water partition coefficient (Wildman–Crippen LogP) is 0.997. The molecule has 0 aliphatic carbocycles. The first kappa shape index (κ1) is 16.3. The Morgan fingerprint density at radius 1 is 1.35 bits per heavy atom. The molecule has 1 aromatic rings. The van der Waals surface area contributed by atoms with Crippen LogP contribution in [-0.4, -0.2) is 30.8 Å². The van der Waals surface area contributed by atoms with Crippen molar-refractivity contribution in [1.82, 2.24) is 10.6 Å². The van der Waals surface area contributed by atoms with Gasteiger partial charge in [0.2, 0.25) is 0 Å². The topological polar surface area (TPSA) is 87.4 Å². The van der Waals surface area contributed by atoms with Crippen molar-refractivity contribution in [2.75, 3.05) is 19.6 Å². The zero-order valence-corrected chi connectivity index (χ0v) is 10.6. The molecule has 0 aliphatic rings. The fourth-order valence-corrected chi connectivity index (χ4v) is 1.55. The van der Waals surface area contributed by atoms with Crippen LogP contribution in [0.4, 0.5) is 18.0 Å². The quantitative estimate of drug-likeness (QED) is 0.590. The molecule has 0 spiro atoms. The minimum absolute atomic E-state index is 0.0712. The highest BCUT2D eigenvalue weighted by Gasteiger charge is 2.30. The molecule has 1 rings (SSSR count). The minimum Gasteiger partial charge on any atom is -0.387 e. The number of aliphatic hydroxyl groups excluding tert-OH is 1. The van der Waals surface area contributed by atoms with Gasteiger partial charge < -0.3 is 21.5 Å². The average molecular weight is 291 g/mol. The number of nitrogens with two attached hydrogens (primary N) is 1. The number of benzene rings is 1.